The largest absolute Gasteiger partial charge is 0.456 e. The Bertz CT molecular complexity index is 369. The highest BCUT2D eigenvalue weighted by Gasteiger charge is 2.88. The Morgan fingerprint density at radius 2 is 1.45 bits per heavy atom. The highest BCUT2D eigenvalue weighted by molar-refractivity contribution is 5.27. The Balaban J connectivity index is 3.54. The predicted octanol–water partition coefficient (Wildman–Crippen LogP) is 4.61. The minimum Gasteiger partial charge on any atom is -0.232 e. The van der Waals surface area contributed by atoms with Gasteiger partial charge in [-0.3, -0.25) is 0 Å². The molecule has 0 bridgehead atoms. The maximum Gasteiger partial charge on any atom is 0.456 e. The number of hydrogen-bond donors (Lipinski definition) is 0. The van der Waals surface area contributed by atoms with Crippen LogP contribution in [0.1, 0.15) is 12.8 Å². The molecule has 0 heterocycles. The van der Waals surface area contributed by atoms with E-state index in [4.69, 9.17) is 0 Å². The molecule has 20 heavy (non-hydrogen) atoms. The molecule has 3 unspecified atom stereocenters. The van der Waals surface area contributed by atoms with Crippen molar-refractivity contribution in [3.05, 3.63) is 13.3 Å². The van der Waals surface area contributed by atoms with E-state index >= 15 is 0 Å². The Morgan fingerprint density at radius 1 is 1.00 bits per heavy atom. The zero-order chi connectivity index (χ0) is 16.2. The van der Waals surface area contributed by atoms with Crippen LogP contribution >= 0.6 is 0 Å². The molecule has 118 valence electrons. The Hall–Kier alpha value is -0.700. The minimum atomic E-state index is -6.67. The molecule has 1 aliphatic rings. The molecule has 1 rings (SSSR count). The zero-order valence-corrected chi connectivity index (χ0v) is 9.56. The third-order valence-electron chi connectivity index (χ3n) is 3.35. The van der Waals surface area contributed by atoms with E-state index in [0.717, 1.165) is 0 Å². The number of hydrogen-bond acceptors (Lipinski definition) is 0. The van der Waals surface area contributed by atoms with Crippen LogP contribution in [0.4, 0.5) is 43.9 Å². The summed E-state index contributed by atoms with van der Waals surface area (Å²) >= 11 is 0. The van der Waals surface area contributed by atoms with Crippen LogP contribution in [0.25, 0.3) is 0 Å². The molecule has 0 aromatic carbocycles. The summed E-state index contributed by atoms with van der Waals surface area (Å²) in [6, 6.07) is 0. The maximum absolute atomic E-state index is 14.2. The van der Waals surface area contributed by atoms with Gasteiger partial charge in [0.25, 0.3) is 0 Å². The van der Waals surface area contributed by atoms with Crippen molar-refractivity contribution in [2.75, 3.05) is 0 Å². The summed E-state index contributed by atoms with van der Waals surface area (Å²) in [7, 11) is 0. The van der Waals surface area contributed by atoms with Crippen LogP contribution in [0.15, 0.2) is 0 Å². The normalized spacial score (nSPS) is 36.5. The molecule has 0 saturated heterocycles. The molecule has 1 saturated carbocycles. The van der Waals surface area contributed by atoms with E-state index in [1.54, 1.807) is 0 Å². The van der Waals surface area contributed by atoms with Gasteiger partial charge in [-0.2, -0.15) is 35.1 Å². The molecular weight excluding hydrogens is 310 g/mol. The number of alkyl halides is 10. The fourth-order valence-corrected chi connectivity index (χ4v) is 2.24. The van der Waals surface area contributed by atoms with Gasteiger partial charge in [-0.05, 0) is 12.8 Å². The van der Waals surface area contributed by atoms with E-state index in [9.17, 15) is 43.9 Å². The smallest absolute Gasteiger partial charge is 0.232 e. The quantitative estimate of drug-likeness (QED) is 0.652. The molecule has 0 aliphatic heterocycles. The monoisotopic (exact) mass is 318 g/mol. The van der Waals surface area contributed by atoms with E-state index in [1.807, 2.05) is 0 Å². The lowest BCUT2D eigenvalue weighted by Crippen LogP contribution is -2.69. The molecule has 0 spiro atoms. The summed E-state index contributed by atoms with van der Waals surface area (Å²) in [6.07, 6.45) is -15.7. The Labute approximate surface area is 107 Å². The molecule has 0 N–H and O–H groups in total. The zero-order valence-electron chi connectivity index (χ0n) is 9.56. The molecule has 1 fully saturated rings. The standard InChI is InChI=1S/C10H8F10/c1-2-5-3-4-6(11,9(15,16)17)7(5,12)8(13,14)10(18,19)20/h4-5H,1-3H2. The molecule has 0 nitrogen and oxygen atoms in total. The Morgan fingerprint density at radius 3 is 1.75 bits per heavy atom. The van der Waals surface area contributed by atoms with Crippen molar-refractivity contribution in [2.45, 2.75) is 42.5 Å². The van der Waals surface area contributed by atoms with Gasteiger partial charge in [-0.1, -0.05) is 6.92 Å². The summed E-state index contributed by atoms with van der Waals surface area (Å²) in [5, 5.41) is 0. The highest BCUT2D eigenvalue weighted by atomic mass is 19.4. The third-order valence-corrected chi connectivity index (χ3v) is 3.35. The predicted molar refractivity (Wildman–Crippen MR) is 47.1 cm³/mol. The number of halogens is 10. The second-order valence-corrected chi connectivity index (χ2v) is 4.42. The number of rotatable bonds is 2. The van der Waals surface area contributed by atoms with Gasteiger partial charge in [0.15, 0.2) is 0 Å². The van der Waals surface area contributed by atoms with Crippen molar-refractivity contribution < 1.29 is 43.9 Å². The van der Waals surface area contributed by atoms with Crippen LogP contribution in [0.3, 0.4) is 0 Å². The third kappa shape index (κ3) is 1.89. The molecule has 0 aromatic rings. The van der Waals surface area contributed by atoms with Crippen LogP contribution in [-0.2, 0) is 0 Å². The lowest BCUT2D eigenvalue weighted by atomic mass is 9.76. The van der Waals surface area contributed by atoms with Crippen LogP contribution in [0.5, 0.6) is 0 Å². The van der Waals surface area contributed by atoms with Crippen molar-refractivity contribution in [3.8, 4) is 0 Å². The summed E-state index contributed by atoms with van der Waals surface area (Å²) in [6.45, 7) is 2.81. The van der Waals surface area contributed by atoms with E-state index in [2.05, 4.69) is 6.92 Å². The van der Waals surface area contributed by atoms with Gasteiger partial charge in [-0.15, -0.1) is 0 Å². The first kappa shape index (κ1) is 17.4. The van der Waals surface area contributed by atoms with Gasteiger partial charge in [0.05, 0.1) is 0 Å². The van der Waals surface area contributed by atoms with Crippen LogP contribution in [0.2, 0.25) is 0 Å². The van der Waals surface area contributed by atoms with Crippen molar-refractivity contribution in [1.82, 2.24) is 0 Å². The van der Waals surface area contributed by atoms with Crippen LogP contribution < -0.4 is 0 Å². The average molecular weight is 318 g/mol. The first-order valence-electron chi connectivity index (χ1n) is 5.19. The lowest BCUT2D eigenvalue weighted by Gasteiger charge is -2.42. The molecule has 10 heteroatoms. The minimum absolute atomic E-state index is 0.525. The fourth-order valence-electron chi connectivity index (χ4n) is 2.24. The molecule has 3 atom stereocenters. The van der Waals surface area contributed by atoms with Crippen molar-refractivity contribution in [1.29, 1.82) is 0 Å². The van der Waals surface area contributed by atoms with E-state index < -0.39 is 54.8 Å². The lowest BCUT2D eigenvalue weighted by molar-refractivity contribution is -0.374. The van der Waals surface area contributed by atoms with Gasteiger partial charge < -0.3 is 0 Å². The SMILES string of the molecule is [CH2]CC1C[CH]C(F)(C(F)(F)F)C1(F)C(F)(F)C(F)(F)F. The average Bonchev–Trinajstić information content (AvgIpc) is 2.52. The molecule has 1 aliphatic carbocycles. The second-order valence-electron chi connectivity index (χ2n) is 4.42. The second kappa shape index (κ2) is 4.40. The van der Waals surface area contributed by atoms with Crippen LogP contribution in [-0.4, -0.2) is 29.6 Å². The topological polar surface area (TPSA) is 0 Å². The van der Waals surface area contributed by atoms with Gasteiger partial charge in [-0.25, -0.2) is 8.78 Å². The summed E-state index contributed by atoms with van der Waals surface area (Å²) in [5.41, 5.74) is -10.9. The van der Waals surface area contributed by atoms with Crippen molar-refractivity contribution in [2.24, 2.45) is 5.92 Å². The fraction of sp³-hybridized carbons (Fsp3) is 0.800. The van der Waals surface area contributed by atoms with Gasteiger partial charge in [0.2, 0.25) is 11.3 Å². The first-order chi connectivity index (χ1) is 8.67. The first-order valence-corrected chi connectivity index (χ1v) is 5.19. The van der Waals surface area contributed by atoms with Crippen molar-refractivity contribution >= 4 is 0 Å². The van der Waals surface area contributed by atoms with Gasteiger partial charge in [0.1, 0.15) is 0 Å². The summed E-state index contributed by atoms with van der Waals surface area (Å²) < 4.78 is 128. The van der Waals surface area contributed by atoms with E-state index in [0.29, 0.717) is 0 Å². The van der Waals surface area contributed by atoms with Crippen LogP contribution in [0, 0.1) is 19.3 Å². The van der Waals surface area contributed by atoms with Gasteiger partial charge >= 0.3 is 18.3 Å². The van der Waals surface area contributed by atoms with Crippen molar-refractivity contribution in [3.63, 3.8) is 0 Å². The maximum atomic E-state index is 14.2. The molecule has 0 amide bonds. The highest BCUT2D eigenvalue weighted by Crippen LogP contribution is 2.65. The summed E-state index contributed by atoms with van der Waals surface area (Å²) in [5.74, 6) is -9.06. The Kier molecular flexibility index (Phi) is 3.81. The van der Waals surface area contributed by atoms with E-state index in [-0.39, 0.29) is 0 Å². The molecule has 2 radical (unpaired) electrons. The van der Waals surface area contributed by atoms with Gasteiger partial charge in [0, 0.05) is 12.3 Å². The van der Waals surface area contributed by atoms with E-state index in [1.165, 1.54) is 0 Å². The molecule has 0 aromatic heterocycles. The summed E-state index contributed by atoms with van der Waals surface area (Å²) in [4.78, 5) is 0. The molecular formula is C10H8F10.